The van der Waals surface area contributed by atoms with Crippen LogP contribution in [0, 0.1) is 11.8 Å². The van der Waals surface area contributed by atoms with E-state index in [2.05, 4.69) is 57.0 Å². The monoisotopic (exact) mass is 884 g/mol. The lowest BCUT2D eigenvalue weighted by atomic mass is 9.82. The molecule has 4 heterocycles. The third-order valence-electron chi connectivity index (χ3n) is 15.9. The van der Waals surface area contributed by atoms with Crippen molar-refractivity contribution >= 4 is 24.0 Å². The third kappa shape index (κ3) is 8.42. The van der Waals surface area contributed by atoms with E-state index in [4.69, 9.17) is 19.4 Å². The lowest BCUT2D eigenvalue weighted by Gasteiger charge is -2.34. The van der Waals surface area contributed by atoms with E-state index in [1.54, 1.807) is 0 Å². The van der Waals surface area contributed by atoms with Gasteiger partial charge in [0.25, 0.3) is 0 Å². The van der Waals surface area contributed by atoms with Crippen LogP contribution in [0.15, 0.2) is 48.8 Å². The highest BCUT2D eigenvalue weighted by atomic mass is 16.5. The number of hydrogen-bond acceptors (Lipinski definition) is 8. The predicted molar refractivity (Wildman–Crippen MR) is 246 cm³/mol. The van der Waals surface area contributed by atoms with Crippen molar-refractivity contribution in [1.29, 1.82) is 0 Å². The van der Waals surface area contributed by atoms with Crippen molar-refractivity contribution in [3.05, 3.63) is 71.6 Å². The molecule has 6 unspecified atom stereocenters. The number of nitrogens with one attached hydrogen (secondary N) is 4. The molecular formula is C51H64N8O6. The topological polar surface area (TPSA) is 175 Å². The van der Waals surface area contributed by atoms with Crippen LogP contribution in [-0.2, 0) is 19.1 Å². The van der Waals surface area contributed by atoms with Gasteiger partial charge in [-0.25, -0.2) is 19.6 Å². The van der Waals surface area contributed by atoms with Crippen molar-refractivity contribution in [3.63, 3.8) is 0 Å². The lowest BCUT2D eigenvalue weighted by molar-refractivity contribution is -0.136. The zero-order chi connectivity index (χ0) is 44.6. The molecule has 4 aromatic rings. The largest absolute Gasteiger partial charge is 0.453 e. The maximum Gasteiger partial charge on any atom is 0.407 e. The second kappa shape index (κ2) is 18.7. The Kier molecular flexibility index (Phi) is 12.4. The van der Waals surface area contributed by atoms with Gasteiger partial charge in [-0.3, -0.25) is 9.59 Å². The van der Waals surface area contributed by atoms with Gasteiger partial charge in [0.05, 0.1) is 50.1 Å². The molecule has 0 radical (unpaired) electrons. The Bertz CT molecular complexity index is 2380. The molecule has 5 fully saturated rings. The average molecular weight is 885 g/mol. The van der Waals surface area contributed by atoms with Gasteiger partial charge in [0, 0.05) is 18.7 Å². The summed E-state index contributed by atoms with van der Waals surface area (Å²) in [4.78, 5) is 74.0. The number of imidazole rings is 2. The molecule has 2 aliphatic heterocycles. The van der Waals surface area contributed by atoms with Crippen LogP contribution in [0.25, 0.3) is 33.6 Å². The lowest BCUT2D eigenvalue weighted by Crippen LogP contribution is -2.52. The first-order valence-corrected chi connectivity index (χ1v) is 24.5. The molecule has 2 saturated heterocycles. The molecule has 0 spiro atoms. The summed E-state index contributed by atoms with van der Waals surface area (Å²) in [5.74, 6) is 2.71. The minimum absolute atomic E-state index is 0.0363. The highest BCUT2D eigenvalue weighted by Crippen LogP contribution is 2.58. The molecule has 4 aliphatic carbocycles. The number of aromatic amines is 2. The minimum atomic E-state index is -0.601. The van der Waals surface area contributed by atoms with Crippen molar-refractivity contribution in [2.24, 2.45) is 11.8 Å². The Morgan fingerprint density at radius 1 is 0.569 bits per heavy atom. The molecule has 65 heavy (non-hydrogen) atoms. The molecule has 2 aromatic heterocycles. The zero-order valence-electron chi connectivity index (χ0n) is 37.9. The average Bonchev–Trinajstić information content (AvgIpc) is 4.22. The summed E-state index contributed by atoms with van der Waals surface area (Å²) in [6.07, 6.45) is 19.9. The van der Waals surface area contributed by atoms with E-state index in [0.717, 1.165) is 125 Å². The van der Waals surface area contributed by atoms with Crippen LogP contribution in [0.3, 0.4) is 0 Å². The molecule has 6 atom stereocenters. The number of ether oxygens (including phenoxy) is 2. The van der Waals surface area contributed by atoms with Gasteiger partial charge in [-0.05, 0) is 122 Å². The number of nitrogens with zero attached hydrogens (tertiary/aromatic N) is 4. The van der Waals surface area contributed by atoms with Crippen LogP contribution < -0.4 is 10.6 Å². The summed E-state index contributed by atoms with van der Waals surface area (Å²) >= 11 is 0. The van der Waals surface area contributed by atoms with Crippen molar-refractivity contribution in [3.8, 4) is 33.6 Å². The summed E-state index contributed by atoms with van der Waals surface area (Å²) in [5, 5.41) is 5.80. The molecule has 344 valence electrons. The number of methoxy groups -OCH3 is 2. The number of H-pyrrole nitrogens is 2. The fraction of sp³-hybridized carbons (Fsp3) is 0.569. The van der Waals surface area contributed by atoms with Gasteiger partial charge in [-0.15, -0.1) is 0 Å². The molecule has 4 N–H and O–H groups in total. The van der Waals surface area contributed by atoms with Gasteiger partial charge in [-0.1, -0.05) is 74.9 Å². The van der Waals surface area contributed by atoms with E-state index >= 15 is 0 Å². The van der Waals surface area contributed by atoms with Gasteiger partial charge in [-0.2, -0.15) is 0 Å². The quantitative estimate of drug-likeness (QED) is 0.115. The van der Waals surface area contributed by atoms with Gasteiger partial charge in [0.15, 0.2) is 0 Å². The zero-order valence-corrected chi connectivity index (χ0v) is 37.9. The summed E-state index contributed by atoms with van der Waals surface area (Å²) < 4.78 is 9.89. The van der Waals surface area contributed by atoms with Gasteiger partial charge >= 0.3 is 12.2 Å². The van der Waals surface area contributed by atoms with Crippen molar-refractivity contribution in [1.82, 2.24) is 40.4 Å². The standard InChI is InChI=1S/C51H64N8O6/c1-64-50(62)56-44(32-11-5-3-6-12-32)48(60)58-25-9-15-40(58)46-52-28-38(54-46)31-19-17-30(18-20-31)36-23-24-37(43-35-22-21-34(27-35)42(36)43)39-29-53-47(55-39)41-16-10-26-59(41)49(61)45(57-51(63)65-2)33-13-7-4-8-14-33/h17-20,23-24,28-29,32-35,40-41,44-45H,3-16,21-22,25-27H2,1-2H3,(H,52,54)(H,53,55)(H,56,62)(H,57,63). The summed E-state index contributed by atoms with van der Waals surface area (Å²) in [6, 6.07) is 11.7. The van der Waals surface area contributed by atoms with E-state index in [9.17, 15) is 19.2 Å². The number of carbonyl (C=O) groups is 4. The van der Waals surface area contributed by atoms with Gasteiger partial charge < -0.3 is 39.9 Å². The number of rotatable bonds is 11. The van der Waals surface area contributed by atoms with E-state index in [-0.39, 0.29) is 35.7 Å². The number of aromatic nitrogens is 4. The smallest absolute Gasteiger partial charge is 0.407 e. The number of hydrogen-bond donors (Lipinski definition) is 4. The molecule has 2 bridgehead atoms. The number of alkyl carbamates (subject to hydrolysis) is 2. The van der Waals surface area contributed by atoms with Gasteiger partial charge in [0.1, 0.15) is 23.7 Å². The van der Waals surface area contributed by atoms with Crippen LogP contribution in [0.4, 0.5) is 9.59 Å². The normalized spacial score (nSPS) is 24.2. The van der Waals surface area contributed by atoms with E-state index in [0.29, 0.717) is 24.9 Å². The predicted octanol–water partition coefficient (Wildman–Crippen LogP) is 9.44. The van der Waals surface area contributed by atoms with Crippen molar-refractivity contribution in [2.45, 2.75) is 145 Å². The fourth-order valence-electron chi connectivity index (χ4n) is 12.7. The molecule has 3 saturated carbocycles. The Morgan fingerprint density at radius 2 is 1.03 bits per heavy atom. The minimum Gasteiger partial charge on any atom is -0.453 e. The Labute approximate surface area is 381 Å². The van der Waals surface area contributed by atoms with Gasteiger partial charge in [0.2, 0.25) is 11.8 Å². The van der Waals surface area contributed by atoms with E-state index in [1.165, 1.54) is 54.9 Å². The van der Waals surface area contributed by atoms with Crippen LogP contribution in [-0.4, -0.2) is 93.1 Å². The number of likely N-dealkylation sites (tertiary alicyclic amines) is 2. The van der Waals surface area contributed by atoms with E-state index < -0.39 is 24.3 Å². The summed E-state index contributed by atoms with van der Waals surface area (Å²) in [6.45, 7) is 1.27. The second-order valence-electron chi connectivity index (χ2n) is 19.5. The fourth-order valence-corrected chi connectivity index (χ4v) is 12.7. The van der Waals surface area contributed by atoms with Crippen LogP contribution in [0.5, 0.6) is 0 Å². The van der Waals surface area contributed by atoms with Crippen molar-refractivity contribution in [2.75, 3.05) is 27.3 Å². The Morgan fingerprint density at radius 3 is 1.55 bits per heavy atom. The number of carbonyl (C=O) groups excluding carboxylic acids is 4. The first kappa shape index (κ1) is 43.2. The maximum atomic E-state index is 14.2. The SMILES string of the molecule is COC(=O)NC(C(=O)N1CCCC1c1ncc(-c2ccc(-c3ccc(-c4cnc(C5CCCN5C(=O)C(NC(=O)OC)C5CCCCC5)[nH]4)c4c3C3CCC4C3)cc2)[nH]1)C1CCCCC1. The molecule has 14 nitrogen and oxygen atoms in total. The maximum absolute atomic E-state index is 14.2. The number of benzene rings is 2. The molecule has 2 aromatic carbocycles. The number of amides is 4. The van der Waals surface area contributed by atoms with Crippen LogP contribution in [0.1, 0.15) is 156 Å². The summed E-state index contributed by atoms with van der Waals surface area (Å²) in [5.41, 5.74) is 9.46. The highest BCUT2D eigenvalue weighted by Gasteiger charge is 2.43. The van der Waals surface area contributed by atoms with E-state index in [1.807, 2.05) is 22.2 Å². The second-order valence-corrected chi connectivity index (χ2v) is 19.5. The van der Waals surface area contributed by atoms with Crippen LogP contribution >= 0.6 is 0 Å². The molecule has 4 amide bonds. The Hall–Kier alpha value is -5.66. The first-order valence-electron chi connectivity index (χ1n) is 24.5. The highest BCUT2D eigenvalue weighted by molar-refractivity contribution is 5.87. The Balaban J connectivity index is 0.864. The van der Waals surface area contributed by atoms with Crippen LogP contribution in [0.2, 0.25) is 0 Å². The number of fused-ring (bicyclic) bond motifs is 5. The summed E-state index contributed by atoms with van der Waals surface area (Å²) in [7, 11) is 2.69. The molecule has 10 rings (SSSR count). The molecule has 6 aliphatic rings. The molecule has 14 heteroatoms. The first-order chi connectivity index (χ1) is 31.8. The third-order valence-corrected chi connectivity index (χ3v) is 15.9. The van der Waals surface area contributed by atoms with Crippen molar-refractivity contribution < 1.29 is 28.7 Å². The molecular weight excluding hydrogens is 821 g/mol.